The molecule has 2 atom stereocenters. The van der Waals surface area contributed by atoms with Gasteiger partial charge in [-0.1, -0.05) is 6.07 Å². The number of nitrogens with one attached hydrogen (secondary N) is 1. The van der Waals surface area contributed by atoms with Crippen molar-refractivity contribution in [2.24, 2.45) is 0 Å². The molecule has 0 saturated carbocycles. The van der Waals surface area contributed by atoms with Gasteiger partial charge >= 0.3 is 0 Å². The molecule has 1 aromatic carbocycles. The van der Waals surface area contributed by atoms with E-state index in [0.717, 1.165) is 44.6 Å². The van der Waals surface area contributed by atoms with Gasteiger partial charge in [-0.15, -0.1) is 0 Å². The van der Waals surface area contributed by atoms with Crippen molar-refractivity contribution in [2.75, 3.05) is 24.5 Å². The van der Waals surface area contributed by atoms with E-state index in [-0.39, 0.29) is 11.8 Å². The standard InChI is InChI=1S/C18H23N3O2/c22-17-5-2-9-21(17)16-4-1-3-13(11-16)18(23)20-10-8-14-6-7-15(12-20)19-14/h1,3-4,11,14-15,19H,2,5-10,12H2. The molecule has 1 aromatic rings. The SMILES string of the molecule is O=C(c1cccc(N2CCCC2=O)c1)N1CCC2CCC(C1)N2. The average Bonchev–Trinajstić information content (AvgIpc) is 3.12. The zero-order chi connectivity index (χ0) is 15.8. The number of rotatable bonds is 2. The fourth-order valence-corrected chi connectivity index (χ4v) is 4.04. The summed E-state index contributed by atoms with van der Waals surface area (Å²) in [7, 11) is 0. The fraction of sp³-hybridized carbons (Fsp3) is 0.556. The smallest absolute Gasteiger partial charge is 0.253 e. The van der Waals surface area contributed by atoms with E-state index >= 15 is 0 Å². The van der Waals surface area contributed by atoms with Gasteiger partial charge in [0.1, 0.15) is 0 Å². The Hall–Kier alpha value is -1.88. The minimum Gasteiger partial charge on any atom is -0.337 e. The number of nitrogens with zero attached hydrogens (tertiary/aromatic N) is 2. The van der Waals surface area contributed by atoms with Crippen molar-refractivity contribution in [1.29, 1.82) is 0 Å². The summed E-state index contributed by atoms with van der Waals surface area (Å²) in [6.45, 7) is 2.37. The number of carbonyl (C=O) groups is 2. The number of likely N-dealkylation sites (tertiary alicyclic amines) is 1. The van der Waals surface area contributed by atoms with Crippen LogP contribution in [0.2, 0.25) is 0 Å². The Balaban J connectivity index is 1.53. The Morgan fingerprint density at radius 3 is 2.83 bits per heavy atom. The molecule has 0 aliphatic carbocycles. The number of fused-ring (bicyclic) bond motifs is 2. The highest BCUT2D eigenvalue weighted by molar-refractivity contribution is 5.99. The minimum absolute atomic E-state index is 0.0906. The summed E-state index contributed by atoms with van der Waals surface area (Å²) >= 11 is 0. The number of hydrogen-bond donors (Lipinski definition) is 1. The maximum absolute atomic E-state index is 12.9. The molecule has 3 fully saturated rings. The van der Waals surface area contributed by atoms with Gasteiger partial charge in [-0.05, 0) is 43.9 Å². The summed E-state index contributed by atoms with van der Waals surface area (Å²) < 4.78 is 0. The van der Waals surface area contributed by atoms with Crippen molar-refractivity contribution in [3.63, 3.8) is 0 Å². The van der Waals surface area contributed by atoms with Gasteiger partial charge < -0.3 is 15.1 Å². The first-order valence-corrected chi connectivity index (χ1v) is 8.66. The van der Waals surface area contributed by atoms with E-state index in [9.17, 15) is 9.59 Å². The second kappa shape index (κ2) is 5.96. The first kappa shape index (κ1) is 14.7. The molecule has 2 amide bonds. The third-order valence-corrected chi connectivity index (χ3v) is 5.29. The van der Waals surface area contributed by atoms with Gasteiger partial charge in [-0.3, -0.25) is 9.59 Å². The molecular weight excluding hydrogens is 290 g/mol. The largest absolute Gasteiger partial charge is 0.337 e. The van der Waals surface area contributed by atoms with Crippen molar-refractivity contribution < 1.29 is 9.59 Å². The van der Waals surface area contributed by atoms with Gasteiger partial charge in [0, 0.05) is 49.4 Å². The Morgan fingerprint density at radius 1 is 1.13 bits per heavy atom. The van der Waals surface area contributed by atoms with E-state index in [1.165, 1.54) is 6.42 Å². The van der Waals surface area contributed by atoms with Gasteiger partial charge in [-0.2, -0.15) is 0 Å². The molecule has 3 heterocycles. The lowest BCUT2D eigenvalue weighted by Crippen LogP contribution is -2.39. The molecule has 3 aliphatic rings. The average molecular weight is 313 g/mol. The second-order valence-electron chi connectivity index (χ2n) is 6.88. The van der Waals surface area contributed by atoms with E-state index < -0.39 is 0 Å². The first-order chi connectivity index (χ1) is 11.2. The summed E-state index contributed by atoms with van der Waals surface area (Å²) in [4.78, 5) is 28.6. The van der Waals surface area contributed by atoms with Crippen molar-refractivity contribution in [3.8, 4) is 0 Å². The van der Waals surface area contributed by atoms with Crippen molar-refractivity contribution >= 4 is 17.5 Å². The summed E-state index contributed by atoms with van der Waals surface area (Å²) in [5, 5.41) is 3.60. The third kappa shape index (κ3) is 2.85. The lowest BCUT2D eigenvalue weighted by atomic mass is 10.1. The summed E-state index contributed by atoms with van der Waals surface area (Å²) in [6, 6.07) is 8.56. The quantitative estimate of drug-likeness (QED) is 0.905. The number of amides is 2. The molecular formula is C18H23N3O2. The van der Waals surface area contributed by atoms with Gasteiger partial charge in [-0.25, -0.2) is 0 Å². The zero-order valence-electron chi connectivity index (χ0n) is 13.3. The number of carbonyl (C=O) groups excluding carboxylic acids is 2. The maximum Gasteiger partial charge on any atom is 0.253 e. The van der Waals surface area contributed by atoms with Crippen LogP contribution >= 0.6 is 0 Å². The maximum atomic E-state index is 12.9. The van der Waals surface area contributed by atoms with Crippen LogP contribution in [0.3, 0.4) is 0 Å². The van der Waals surface area contributed by atoms with Crippen LogP contribution in [0.15, 0.2) is 24.3 Å². The van der Waals surface area contributed by atoms with Crippen LogP contribution in [-0.2, 0) is 4.79 Å². The molecule has 1 N–H and O–H groups in total. The van der Waals surface area contributed by atoms with Gasteiger partial charge in [0.25, 0.3) is 5.91 Å². The number of hydrogen-bond acceptors (Lipinski definition) is 3. The summed E-state index contributed by atoms with van der Waals surface area (Å²) in [5.41, 5.74) is 1.55. The Labute approximate surface area is 136 Å². The van der Waals surface area contributed by atoms with Crippen LogP contribution in [0.25, 0.3) is 0 Å². The molecule has 122 valence electrons. The molecule has 0 aromatic heterocycles. The van der Waals surface area contributed by atoms with E-state index in [0.29, 0.717) is 24.1 Å². The van der Waals surface area contributed by atoms with Crippen LogP contribution < -0.4 is 10.2 Å². The second-order valence-corrected chi connectivity index (χ2v) is 6.88. The van der Waals surface area contributed by atoms with E-state index in [1.807, 2.05) is 29.2 Å². The Bertz CT molecular complexity index is 630. The molecule has 5 heteroatoms. The lowest BCUT2D eigenvalue weighted by molar-refractivity contribution is -0.117. The van der Waals surface area contributed by atoms with Crippen LogP contribution in [0.1, 0.15) is 42.5 Å². The van der Waals surface area contributed by atoms with Gasteiger partial charge in [0.15, 0.2) is 0 Å². The molecule has 3 saturated heterocycles. The number of benzene rings is 1. The summed E-state index contributed by atoms with van der Waals surface area (Å²) in [6.07, 6.45) is 4.94. The van der Waals surface area contributed by atoms with Gasteiger partial charge in [0.05, 0.1) is 0 Å². The van der Waals surface area contributed by atoms with Crippen molar-refractivity contribution in [2.45, 2.75) is 44.2 Å². The minimum atomic E-state index is 0.0906. The zero-order valence-corrected chi connectivity index (χ0v) is 13.3. The van der Waals surface area contributed by atoms with Crippen LogP contribution in [0.5, 0.6) is 0 Å². The fourth-order valence-electron chi connectivity index (χ4n) is 4.04. The Morgan fingerprint density at radius 2 is 2.00 bits per heavy atom. The first-order valence-electron chi connectivity index (χ1n) is 8.66. The molecule has 5 nitrogen and oxygen atoms in total. The highest BCUT2D eigenvalue weighted by atomic mass is 16.2. The van der Waals surface area contributed by atoms with E-state index in [1.54, 1.807) is 4.90 Å². The highest BCUT2D eigenvalue weighted by Crippen LogP contribution is 2.25. The molecule has 3 aliphatic heterocycles. The molecule has 23 heavy (non-hydrogen) atoms. The van der Waals surface area contributed by atoms with Crippen LogP contribution in [0, 0.1) is 0 Å². The molecule has 4 rings (SSSR count). The molecule has 2 bridgehead atoms. The monoisotopic (exact) mass is 313 g/mol. The van der Waals surface area contributed by atoms with Crippen LogP contribution in [0.4, 0.5) is 5.69 Å². The summed E-state index contributed by atoms with van der Waals surface area (Å²) in [5.74, 6) is 0.249. The van der Waals surface area contributed by atoms with Crippen LogP contribution in [-0.4, -0.2) is 48.4 Å². The normalized spacial score (nSPS) is 27.4. The predicted octanol–water partition coefficient (Wildman–Crippen LogP) is 1.78. The van der Waals surface area contributed by atoms with Crippen molar-refractivity contribution in [1.82, 2.24) is 10.2 Å². The topological polar surface area (TPSA) is 52.7 Å². The molecule has 0 radical (unpaired) electrons. The van der Waals surface area contributed by atoms with Gasteiger partial charge in [0.2, 0.25) is 5.91 Å². The molecule has 2 unspecified atom stereocenters. The predicted molar refractivity (Wildman–Crippen MR) is 88.5 cm³/mol. The third-order valence-electron chi connectivity index (χ3n) is 5.29. The number of anilines is 1. The lowest BCUT2D eigenvalue weighted by Gasteiger charge is -2.25. The Kier molecular flexibility index (Phi) is 3.81. The highest BCUT2D eigenvalue weighted by Gasteiger charge is 2.31. The molecule has 0 spiro atoms. The van der Waals surface area contributed by atoms with Crippen molar-refractivity contribution in [3.05, 3.63) is 29.8 Å². The van der Waals surface area contributed by atoms with E-state index in [4.69, 9.17) is 0 Å². The van der Waals surface area contributed by atoms with E-state index in [2.05, 4.69) is 5.32 Å².